The Morgan fingerprint density at radius 2 is 1.53 bits per heavy atom. The zero-order valence-corrected chi connectivity index (χ0v) is 18.5. The number of aliphatic imine (C=N–C) groups is 1. The van der Waals surface area contributed by atoms with E-state index in [9.17, 15) is 0 Å². The van der Waals surface area contributed by atoms with E-state index in [1.165, 1.54) is 11.1 Å². The molecule has 162 valence electrons. The fourth-order valence-electron chi connectivity index (χ4n) is 4.04. The SMILES string of the molecule is CN=C(NCC(C)c1ccccc1)NCC1(NC(C)c2ccccc2)CCOCC1. The molecule has 0 saturated carbocycles. The van der Waals surface area contributed by atoms with Gasteiger partial charge < -0.3 is 20.7 Å². The van der Waals surface area contributed by atoms with Crippen LogP contribution >= 0.6 is 0 Å². The lowest BCUT2D eigenvalue weighted by atomic mass is 9.88. The molecule has 1 aliphatic heterocycles. The number of rotatable bonds is 8. The van der Waals surface area contributed by atoms with Crippen molar-refractivity contribution in [2.45, 2.75) is 44.2 Å². The average Bonchev–Trinajstić information content (AvgIpc) is 2.80. The molecule has 2 unspecified atom stereocenters. The first-order valence-electron chi connectivity index (χ1n) is 11.0. The molecular weight excluding hydrogens is 372 g/mol. The summed E-state index contributed by atoms with van der Waals surface area (Å²) in [7, 11) is 1.83. The molecule has 2 aromatic rings. The molecule has 0 bridgehead atoms. The summed E-state index contributed by atoms with van der Waals surface area (Å²) in [4.78, 5) is 4.44. The number of guanidine groups is 1. The topological polar surface area (TPSA) is 57.7 Å². The Morgan fingerprint density at radius 3 is 2.13 bits per heavy atom. The van der Waals surface area contributed by atoms with Gasteiger partial charge in [0.15, 0.2) is 5.96 Å². The second-order valence-corrected chi connectivity index (χ2v) is 8.29. The Balaban J connectivity index is 1.57. The smallest absolute Gasteiger partial charge is 0.191 e. The van der Waals surface area contributed by atoms with E-state index in [1.807, 2.05) is 7.05 Å². The number of hydrogen-bond donors (Lipinski definition) is 3. The van der Waals surface area contributed by atoms with Gasteiger partial charge in [-0.25, -0.2) is 0 Å². The highest BCUT2D eigenvalue weighted by Gasteiger charge is 2.34. The molecule has 0 aromatic heterocycles. The summed E-state index contributed by atoms with van der Waals surface area (Å²) in [5.41, 5.74) is 2.62. The lowest BCUT2D eigenvalue weighted by Gasteiger charge is -2.41. The van der Waals surface area contributed by atoms with E-state index >= 15 is 0 Å². The molecule has 1 fully saturated rings. The second kappa shape index (κ2) is 11.1. The lowest BCUT2D eigenvalue weighted by molar-refractivity contribution is 0.0355. The van der Waals surface area contributed by atoms with Crippen molar-refractivity contribution in [3.8, 4) is 0 Å². The van der Waals surface area contributed by atoms with E-state index in [0.717, 1.165) is 45.1 Å². The molecule has 2 aromatic carbocycles. The molecule has 30 heavy (non-hydrogen) atoms. The maximum Gasteiger partial charge on any atom is 0.191 e. The van der Waals surface area contributed by atoms with Gasteiger partial charge >= 0.3 is 0 Å². The normalized spacial score (nSPS) is 18.4. The van der Waals surface area contributed by atoms with Gasteiger partial charge in [0.2, 0.25) is 0 Å². The zero-order chi connectivity index (χ0) is 21.2. The molecule has 0 amide bonds. The molecule has 1 aliphatic rings. The second-order valence-electron chi connectivity index (χ2n) is 8.29. The van der Waals surface area contributed by atoms with Gasteiger partial charge in [-0.3, -0.25) is 4.99 Å². The van der Waals surface area contributed by atoms with Crippen LogP contribution in [0.3, 0.4) is 0 Å². The predicted molar refractivity (Wildman–Crippen MR) is 125 cm³/mol. The average molecular weight is 409 g/mol. The van der Waals surface area contributed by atoms with Crippen molar-refractivity contribution in [2.24, 2.45) is 4.99 Å². The van der Waals surface area contributed by atoms with Crippen LogP contribution in [-0.4, -0.2) is 44.8 Å². The molecule has 1 saturated heterocycles. The van der Waals surface area contributed by atoms with Crippen molar-refractivity contribution in [2.75, 3.05) is 33.4 Å². The maximum atomic E-state index is 5.66. The molecule has 1 heterocycles. The Labute approximate surface area is 181 Å². The molecule has 0 aliphatic carbocycles. The summed E-state index contributed by atoms with van der Waals surface area (Å²) in [5, 5.41) is 10.9. The van der Waals surface area contributed by atoms with Gasteiger partial charge in [-0.05, 0) is 36.8 Å². The van der Waals surface area contributed by atoms with Gasteiger partial charge in [0.25, 0.3) is 0 Å². The largest absolute Gasteiger partial charge is 0.381 e. The molecule has 0 radical (unpaired) electrons. The van der Waals surface area contributed by atoms with Gasteiger partial charge in [0, 0.05) is 44.9 Å². The molecule has 3 rings (SSSR count). The van der Waals surface area contributed by atoms with E-state index in [0.29, 0.717) is 5.92 Å². The summed E-state index contributed by atoms with van der Waals surface area (Å²) in [6.45, 7) is 7.70. The first-order chi connectivity index (χ1) is 14.6. The Kier molecular flexibility index (Phi) is 8.29. The van der Waals surface area contributed by atoms with Crippen LogP contribution in [0, 0.1) is 0 Å². The molecule has 2 atom stereocenters. The van der Waals surface area contributed by atoms with Crippen LogP contribution in [0.25, 0.3) is 0 Å². The highest BCUT2D eigenvalue weighted by atomic mass is 16.5. The summed E-state index contributed by atoms with van der Waals surface area (Å²) in [5.74, 6) is 1.26. The van der Waals surface area contributed by atoms with Crippen LogP contribution in [0.4, 0.5) is 0 Å². The fourth-order valence-corrected chi connectivity index (χ4v) is 4.04. The molecule has 5 heteroatoms. The standard InChI is InChI=1S/C25H36N4O/c1-20(22-10-6-4-7-11-22)18-27-24(26-3)28-19-25(14-16-30-17-15-25)29-21(2)23-12-8-5-9-13-23/h4-13,20-21,29H,14-19H2,1-3H3,(H2,26,27,28). The highest BCUT2D eigenvalue weighted by molar-refractivity contribution is 5.79. The van der Waals surface area contributed by atoms with Crippen LogP contribution in [0.15, 0.2) is 65.7 Å². The van der Waals surface area contributed by atoms with Crippen molar-refractivity contribution in [1.82, 2.24) is 16.0 Å². The van der Waals surface area contributed by atoms with Gasteiger partial charge in [-0.2, -0.15) is 0 Å². The van der Waals surface area contributed by atoms with Gasteiger partial charge in [0.05, 0.1) is 0 Å². The first-order valence-corrected chi connectivity index (χ1v) is 11.0. The predicted octanol–water partition coefficient (Wildman–Crippen LogP) is 3.86. The van der Waals surface area contributed by atoms with Crippen molar-refractivity contribution < 1.29 is 4.74 Å². The minimum Gasteiger partial charge on any atom is -0.381 e. The van der Waals surface area contributed by atoms with E-state index in [-0.39, 0.29) is 11.6 Å². The lowest BCUT2D eigenvalue weighted by Crippen LogP contribution is -2.58. The van der Waals surface area contributed by atoms with Gasteiger partial charge in [-0.15, -0.1) is 0 Å². The van der Waals surface area contributed by atoms with E-state index < -0.39 is 0 Å². The number of benzene rings is 2. The molecule has 5 nitrogen and oxygen atoms in total. The van der Waals surface area contributed by atoms with Crippen molar-refractivity contribution in [3.05, 3.63) is 71.8 Å². The van der Waals surface area contributed by atoms with Gasteiger partial charge in [0.1, 0.15) is 0 Å². The van der Waals surface area contributed by atoms with Crippen molar-refractivity contribution >= 4 is 5.96 Å². The number of nitrogens with zero attached hydrogens (tertiary/aromatic N) is 1. The van der Waals surface area contributed by atoms with Crippen LogP contribution in [-0.2, 0) is 4.74 Å². The Morgan fingerprint density at radius 1 is 0.933 bits per heavy atom. The van der Waals surface area contributed by atoms with Crippen LogP contribution < -0.4 is 16.0 Å². The van der Waals surface area contributed by atoms with E-state index in [1.54, 1.807) is 0 Å². The first kappa shape index (κ1) is 22.3. The molecule has 0 spiro atoms. The van der Waals surface area contributed by atoms with E-state index in [4.69, 9.17) is 4.74 Å². The highest BCUT2D eigenvalue weighted by Crippen LogP contribution is 2.25. The third-order valence-corrected chi connectivity index (χ3v) is 6.03. The minimum atomic E-state index is -0.0177. The summed E-state index contributed by atoms with van der Waals surface area (Å²) in [6.07, 6.45) is 1.96. The number of ether oxygens (including phenoxy) is 1. The number of nitrogens with one attached hydrogen (secondary N) is 3. The summed E-state index contributed by atoms with van der Waals surface area (Å²) in [6, 6.07) is 21.5. The fraction of sp³-hybridized carbons (Fsp3) is 0.480. The monoisotopic (exact) mass is 408 g/mol. The Hall–Kier alpha value is -2.37. The maximum absolute atomic E-state index is 5.66. The molecular formula is C25H36N4O. The Bertz CT molecular complexity index is 772. The van der Waals surface area contributed by atoms with Gasteiger partial charge in [-0.1, -0.05) is 67.6 Å². The zero-order valence-electron chi connectivity index (χ0n) is 18.5. The number of hydrogen-bond acceptors (Lipinski definition) is 3. The quantitative estimate of drug-likeness (QED) is 0.459. The van der Waals surface area contributed by atoms with E-state index in [2.05, 4.69) is 95.5 Å². The third kappa shape index (κ3) is 6.31. The third-order valence-electron chi connectivity index (χ3n) is 6.03. The minimum absolute atomic E-state index is 0.0177. The van der Waals surface area contributed by atoms with Crippen LogP contribution in [0.2, 0.25) is 0 Å². The summed E-state index contributed by atoms with van der Waals surface area (Å²) >= 11 is 0. The van der Waals surface area contributed by atoms with Crippen molar-refractivity contribution in [1.29, 1.82) is 0 Å². The van der Waals surface area contributed by atoms with Crippen LogP contribution in [0.1, 0.15) is 49.8 Å². The molecule has 3 N–H and O–H groups in total. The van der Waals surface area contributed by atoms with Crippen LogP contribution in [0.5, 0.6) is 0 Å². The van der Waals surface area contributed by atoms with Crippen molar-refractivity contribution in [3.63, 3.8) is 0 Å². The summed E-state index contributed by atoms with van der Waals surface area (Å²) < 4.78 is 5.66.